The Bertz CT molecular complexity index is 596. The summed E-state index contributed by atoms with van der Waals surface area (Å²) in [6, 6.07) is 8.33. The van der Waals surface area contributed by atoms with Gasteiger partial charge >= 0.3 is 0 Å². The first-order valence-electron chi connectivity index (χ1n) is 8.83. The Kier molecular flexibility index (Phi) is 6.96. The van der Waals surface area contributed by atoms with Crippen molar-refractivity contribution < 1.29 is 9.47 Å². The number of benzene rings is 1. The first-order valence-corrected chi connectivity index (χ1v) is 8.83. The van der Waals surface area contributed by atoms with Crippen molar-refractivity contribution in [2.75, 3.05) is 33.9 Å². The van der Waals surface area contributed by atoms with E-state index >= 15 is 0 Å². The van der Waals surface area contributed by atoms with Gasteiger partial charge in [-0.3, -0.25) is 4.99 Å². The molecule has 1 aliphatic heterocycles. The molecule has 1 aromatic rings. The second-order valence-electron chi connectivity index (χ2n) is 7.16. The van der Waals surface area contributed by atoms with Crippen LogP contribution in [0.4, 0.5) is 0 Å². The predicted molar refractivity (Wildman–Crippen MR) is 112 cm³/mol. The zero-order chi connectivity index (χ0) is 17.0. The molecule has 0 aromatic heterocycles. The number of halogens is 1. The summed E-state index contributed by atoms with van der Waals surface area (Å²) >= 11 is 0. The van der Waals surface area contributed by atoms with E-state index in [4.69, 9.17) is 9.47 Å². The highest BCUT2D eigenvalue weighted by Gasteiger charge is 2.46. The highest BCUT2D eigenvalue weighted by Crippen LogP contribution is 2.50. The quantitative estimate of drug-likeness (QED) is 0.390. The predicted octanol–water partition coefficient (Wildman–Crippen LogP) is 3.08. The number of para-hydroxylation sites is 1. The van der Waals surface area contributed by atoms with E-state index in [9.17, 15) is 0 Å². The summed E-state index contributed by atoms with van der Waals surface area (Å²) < 4.78 is 11.4. The molecule has 1 aliphatic carbocycles. The molecular weight excluding hydrogens is 429 g/mol. The number of nitrogens with zero attached hydrogens (tertiary/aromatic N) is 1. The summed E-state index contributed by atoms with van der Waals surface area (Å²) in [5.41, 5.74) is 1.39. The lowest BCUT2D eigenvalue weighted by atomic mass is 9.95. The van der Waals surface area contributed by atoms with Crippen LogP contribution in [0.15, 0.2) is 29.3 Å². The lowest BCUT2D eigenvalue weighted by Gasteiger charge is -2.26. The molecule has 140 valence electrons. The number of hydrogen-bond acceptors (Lipinski definition) is 3. The topological polar surface area (TPSA) is 54.9 Å². The SMILES string of the molecule is CN=C(NCC1(C)CCCO1)NCC1(c2ccccc2OC)CC1.I. The zero-order valence-electron chi connectivity index (χ0n) is 15.4. The number of nitrogens with one attached hydrogen (secondary N) is 2. The van der Waals surface area contributed by atoms with Crippen LogP contribution in [0.2, 0.25) is 0 Å². The normalized spacial score (nSPS) is 24.4. The molecule has 2 fully saturated rings. The van der Waals surface area contributed by atoms with Crippen molar-refractivity contribution in [3.63, 3.8) is 0 Å². The number of guanidine groups is 1. The number of rotatable bonds is 6. The Morgan fingerprint density at radius 1 is 1.20 bits per heavy atom. The molecule has 6 heteroatoms. The van der Waals surface area contributed by atoms with Gasteiger partial charge in [0.1, 0.15) is 5.75 Å². The maximum atomic E-state index is 5.83. The second kappa shape index (κ2) is 8.58. The molecule has 3 rings (SSSR count). The molecule has 1 saturated heterocycles. The Morgan fingerprint density at radius 2 is 1.92 bits per heavy atom. The second-order valence-corrected chi connectivity index (χ2v) is 7.16. The average molecular weight is 459 g/mol. The largest absolute Gasteiger partial charge is 0.496 e. The summed E-state index contributed by atoms with van der Waals surface area (Å²) in [6.07, 6.45) is 4.60. The monoisotopic (exact) mass is 459 g/mol. The summed E-state index contributed by atoms with van der Waals surface area (Å²) in [6.45, 7) is 4.68. The van der Waals surface area contributed by atoms with Gasteiger partial charge in [-0.15, -0.1) is 24.0 Å². The molecule has 0 radical (unpaired) electrons. The van der Waals surface area contributed by atoms with Crippen molar-refractivity contribution in [3.8, 4) is 5.75 Å². The maximum absolute atomic E-state index is 5.83. The van der Waals surface area contributed by atoms with Crippen LogP contribution in [0.3, 0.4) is 0 Å². The van der Waals surface area contributed by atoms with Crippen molar-refractivity contribution in [1.82, 2.24) is 10.6 Å². The third kappa shape index (κ3) is 4.78. The molecule has 2 aliphatic rings. The van der Waals surface area contributed by atoms with Crippen LogP contribution in [0.1, 0.15) is 38.2 Å². The van der Waals surface area contributed by atoms with Crippen molar-refractivity contribution >= 4 is 29.9 Å². The lowest BCUT2D eigenvalue weighted by molar-refractivity contribution is 0.0243. The van der Waals surface area contributed by atoms with Crippen molar-refractivity contribution in [1.29, 1.82) is 0 Å². The smallest absolute Gasteiger partial charge is 0.191 e. The van der Waals surface area contributed by atoms with E-state index < -0.39 is 0 Å². The van der Waals surface area contributed by atoms with E-state index in [-0.39, 0.29) is 35.0 Å². The van der Waals surface area contributed by atoms with E-state index in [2.05, 4.69) is 34.7 Å². The van der Waals surface area contributed by atoms with E-state index in [0.717, 1.165) is 44.2 Å². The van der Waals surface area contributed by atoms with Gasteiger partial charge < -0.3 is 20.1 Å². The van der Waals surface area contributed by atoms with Crippen molar-refractivity contribution in [3.05, 3.63) is 29.8 Å². The minimum atomic E-state index is -0.0719. The van der Waals surface area contributed by atoms with Gasteiger partial charge in [-0.1, -0.05) is 18.2 Å². The molecule has 1 heterocycles. The lowest BCUT2D eigenvalue weighted by Crippen LogP contribution is -2.47. The van der Waals surface area contributed by atoms with Gasteiger partial charge in [0, 0.05) is 37.7 Å². The summed E-state index contributed by atoms with van der Waals surface area (Å²) in [7, 11) is 3.56. The van der Waals surface area contributed by atoms with Crippen LogP contribution in [0.5, 0.6) is 5.75 Å². The Morgan fingerprint density at radius 3 is 2.52 bits per heavy atom. The molecule has 1 aromatic carbocycles. The number of ether oxygens (including phenoxy) is 2. The third-order valence-electron chi connectivity index (χ3n) is 5.28. The Hall–Kier alpha value is -1.02. The van der Waals surface area contributed by atoms with Crippen LogP contribution in [0.25, 0.3) is 0 Å². The van der Waals surface area contributed by atoms with Crippen LogP contribution in [-0.4, -0.2) is 45.4 Å². The molecule has 0 spiro atoms. The maximum Gasteiger partial charge on any atom is 0.191 e. The fourth-order valence-electron chi connectivity index (χ4n) is 3.50. The molecular formula is C19H30IN3O2. The van der Waals surface area contributed by atoms with Crippen molar-refractivity contribution in [2.24, 2.45) is 4.99 Å². The number of hydrogen-bond donors (Lipinski definition) is 2. The van der Waals surface area contributed by atoms with Gasteiger partial charge in [-0.25, -0.2) is 0 Å². The summed E-state index contributed by atoms with van der Waals surface area (Å²) in [4.78, 5) is 4.35. The molecule has 2 N–H and O–H groups in total. The van der Waals surface area contributed by atoms with E-state index in [1.165, 1.54) is 18.4 Å². The third-order valence-corrected chi connectivity index (χ3v) is 5.28. The van der Waals surface area contributed by atoms with Gasteiger partial charge in [0.15, 0.2) is 5.96 Å². The average Bonchev–Trinajstić information content (AvgIpc) is 3.28. The molecule has 0 amide bonds. The molecule has 5 nitrogen and oxygen atoms in total. The zero-order valence-corrected chi connectivity index (χ0v) is 17.8. The molecule has 25 heavy (non-hydrogen) atoms. The molecule has 1 saturated carbocycles. The minimum Gasteiger partial charge on any atom is -0.496 e. The van der Waals surface area contributed by atoms with Gasteiger partial charge in [0.2, 0.25) is 0 Å². The van der Waals surface area contributed by atoms with Gasteiger partial charge in [-0.2, -0.15) is 0 Å². The number of methoxy groups -OCH3 is 1. The minimum absolute atomic E-state index is 0. The van der Waals surface area contributed by atoms with Gasteiger partial charge in [-0.05, 0) is 38.7 Å². The fourth-order valence-corrected chi connectivity index (χ4v) is 3.50. The van der Waals surface area contributed by atoms with E-state index in [1.807, 2.05) is 19.2 Å². The van der Waals surface area contributed by atoms with Gasteiger partial charge in [0.25, 0.3) is 0 Å². The first-order chi connectivity index (χ1) is 11.6. The standard InChI is InChI=1S/C19H29N3O2.HI/c1-18(9-6-12-24-18)13-21-17(20-2)22-14-19(10-11-19)15-7-4-5-8-16(15)23-3;/h4-5,7-8H,6,9-14H2,1-3H3,(H2,20,21,22);1H. The summed E-state index contributed by atoms with van der Waals surface area (Å²) in [5, 5.41) is 6.91. The molecule has 1 atom stereocenters. The fraction of sp³-hybridized carbons (Fsp3) is 0.632. The van der Waals surface area contributed by atoms with Crippen LogP contribution < -0.4 is 15.4 Å². The van der Waals surface area contributed by atoms with Crippen LogP contribution >= 0.6 is 24.0 Å². The highest BCUT2D eigenvalue weighted by atomic mass is 127. The summed E-state index contributed by atoms with van der Waals surface area (Å²) in [5.74, 6) is 1.82. The van der Waals surface area contributed by atoms with E-state index in [0.29, 0.717) is 0 Å². The van der Waals surface area contributed by atoms with E-state index in [1.54, 1.807) is 7.11 Å². The van der Waals surface area contributed by atoms with Crippen molar-refractivity contribution in [2.45, 2.75) is 43.6 Å². The molecule has 1 unspecified atom stereocenters. The Labute approximate surface area is 168 Å². The Balaban J connectivity index is 0.00000225. The highest BCUT2D eigenvalue weighted by molar-refractivity contribution is 14.0. The number of aliphatic imine (C=N–C) groups is 1. The first kappa shape index (κ1) is 20.3. The van der Waals surface area contributed by atoms with Crippen LogP contribution in [-0.2, 0) is 10.2 Å². The van der Waals surface area contributed by atoms with Crippen LogP contribution in [0, 0.1) is 0 Å². The molecule has 0 bridgehead atoms. The van der Waals surface area contributed by atoms with Gasteiger partial charge in [0.05, 0.1) is 12.7 Å².